The molecule has 1 atom stereocenters. The van der Waals surface area contributed by atoms with E-state index in [9.17, 15) is 9.90 Å². The molecule has 0 heterocycles. The van der Waals surface area contributed by atoms with Gasteiger partial charge in [0, 0.05) is 6.42 Å². The number of aliphatic hydroxyl groups is 1. The Morgan fingerprint density at radius 3 is 2.59 bits per heavy atom. The lowest BCUT2D eigenvalue weighted by molar-refractivity contribution is -0.152. The van der Waals surface area contributed by atoms with Crippen LogP contribution in [0.2, 0.25) is 0 Å². The molecule has 0 aromatic heterocycles. The number of carbonyl (C=O) groups excluding carboxylic acids is 1. The normalized spacial score (nSPS) is 19.8. The van der Waals surface area contributed by atoms with E-state index in [1.54, 1.807) is 6.92 Å². The second-order valence-electron chi connectivity index (χ2n) is 7.99. The van der Waals surface area contributed by atoms with Gasteiger partial charge in [0.1, 0.15) is 0 Å². The van der Waals surface area contributed by atoms with Crippen LogP contribution in [-0.4, -0.2) is 23.8 Å². The Morgan fingerprint density at radius 1 is 1.26 bits per heavy atom. The highest BCUT2D eigenvalue weighted by molar-refractivity contribution is 5.74. The first kappa shape index (κ1) is 23.2. The summed E-state index contributed by atoms with van der Waals surface area (Å²) < 4.78 is 4.79. The van der Waals surface area contributed by atoms with E-state index >= 15 is 0 Å². The molecule has 0 aliphatic heterocycles. The lowest BCUT2D eigenvalue weighted by atomic mass is 9.72. The Hall–Kier alpha value is -1.87. The largest absolute Gasteiger partial charge is 0.464 e. The van der Waals surface area contributed by atoms with Crippen molar-refractivity contribution in [2.45, 2.75) is 73.3 Å². The topological polar surface area (TPSA) is 46.5 Å². The van der Waals surface area contributed by atoms with E-state index in [1.165, 1.54) is 36.0 Å². The van der Waals surface area contributed by atoms with Gasteiger partial charge in [-0.3, -0.25) is 0 Å². The summed E-state index contributed by atoms with van der Waals surface area (Å²) >= 11 is 0. The number of esters is 1. The third-order valence-electron chi connectivity index (χ3n) is 5.00. The number of aliphatic hydroxyl groups excluding tert-OH is 1. The van der Waals surface area contributed by atoms with Gasteiger partial charge >= 0.3 is 5.97 Å². The fraction of sp³-hybridized carbons (Fsp3) is 0.542. The molecule has 3 heteroatoms. The van der Waals surface area contributed by atoms with Crippen molar-refractivity contribution in [1.82, 2.24) is 0 Å². The van der Waals surface area contributed by atoms with Gasteiger partial charge in [0.25, 0.3) is 0 Å². The van der Waals surface area contributed by atoms with E-state index < -0.39 is 12.1 Å². The average molecular weight is 373 g/mol. The maximum atomic E-state index is 11.4. The van der Waals surface area contributed by atoms with Gasteiger partial charge in [-0.2, -0.15) is 0 Å². The van der Waals surface area contributed by atoms with Gasteiger partial charge < -0.3 is 9.84 Å². The maximum absolute atomic E-state index is 11.4. The molecule has 0 radical (unpaired) electrons. The average Bonchev–Trinajstić information content (AvgIpc) is 2.58. The minimum atomic E-state index is -1.09. The molecule has 1 aliphatic carbocycles. The molecule has 0 saturated carbocycles. The van der Waals surface area contributed by atoms with E-state index in [2.05, 4.69) is 45.9 Å². The molecule has 3 nitrogen and oxygen atoms in total. The fourth-order valence-corrected chi connectivity index (χ4v) is 3.33. The zero-order chi connectivity index (χ0) is 20.4. The SMILES string of the molecule is CCOC(=O)C(O)CC=C(C)C=CC=C(C)C=CC1=C(C)CCCC1(C)C. The van der Waals surface area contributed by atoms with Gasteiger partial charge in [0.2, 0.25) is 0 Å². The highest BCUT2D eigenvalue weighted by atomic mass is 16.5. The number of ether oxygens (including phenoxy) is 1. The zero-order valence-corrected chi connectivity index (χ0v) is 17.8. The highest BCUT2D eigenvalue weighted by Gasteiger charge is 2.26. The quantitative estimate of drug-likeness (QED) is 0.430. The number of allylic oxidation sites excluding steroid dienone is 9. The van der Waals surface area contributed by atoms with Gasteiger partial charge in [-0.1, -0.05) is 67.0 Å². The van der Waals surface area contributed by atoms with E-state index in [-0.39, 0.29) is 18.4 Å². The van der Waals surface area contributed by atoms with Crippen molar-refractivity contribution in [3.05, 3.63) is 58.7 Å². The number of rotatable bonds is 8. The summed E-state index contributed by atoms with van der Waals surface area (Å²) in [7, 11) is 0. The second-order valence-corrected chi connectivity index (χ2v) is 7.99. The van der Waals surface area contributed by atoms with Crippen LogP contribution in [0.15, 0.2) is 58.7 Å². The molecule has 0 spiro atoms. The van der Waals surface area contributed by atoms with Crippen LogP contribution in [0.3, 0.4) is 0 Å². The summed E-state index contributed by atoms with van der Waals surface area (Å²) in [5, 5.41) is 9.70. The van der Waals surface area contributed by atoms with Crippen LogP contribution in [0, 0.1) is 5.41 Å². The summed E-state index contributed by atoms with van der Waals surface area (Å²) in [6.07, 6.45) is 15.2. The molecule has 0 saturated heterocycles. The monoisotopic (exact) mass is 372 g/mol. The summed E-state index contributed by atoms with van der Waals surface area (Å²) in [6.45, 7) is 13.0. The molecule has 0 fully saturated rings. The predicted octanol–water partition coefficient (Wildman–Crippen LogP) is 5.83. The van der Waals surface area contributed by atoms with Crippen molar-refractivity contribution >= 4 is 5.97 Å². The predicted molar refractivity (Wildman–Crippen MR) is 113 cm³/mol. The van der Waals surface area contributed by atoms with E-state index in [4.69, 9.17) is 4.74 Å². The molecule has 150 valence electrons. The third-order valence-corrected chi connectivity index (χ3v) is 5.00. The van der Waals surface area contributed by atoms with Crippen molar-refractivity contribution < 1.29 is 14.6 Å². The van der Waals surface area contributed by atoms with Gasteiger partial charge in [-0.25, -0.2) is 4.79 Å². The van der Waals surface area contributed by atoms with Crippen molar-refractivity contribution in [3.63, 3.8) is 0 Å². The third kappa shape index (κ3) is 8.13. The second kappa shape index (κ2) is 11.1. The van der Waals surface area contributed by atoms with Crippen LogP contribution in [0.1, 0.15) is 67.2 Å². The first-order valence-electron chi connectivity index (χ1n) is 9.92. The van der Waals surface area contributed by atoms with Crippen LogP contribution in [0.4, 0.5) is 0 Å². The fourth-order valence-electron chi connectivity index (χ4n) is 3.33. The van der Waals surface area contributed by atoms with E-state index in [1.807, 2.05) is 25.2 Å². The Labute approximate surface area is 165 Å². The molecule has 1 aliphatic rings. The number of hydrogen-bond acceptors (Lipinski definition) is 3. The molecular weight excluding hydrogens is 336 g/mol. The molecule has 0 amide bonds. The molecular formula is C24H36O3. The van der Waals surface area contributed by atoms with E-state index in [0.29, 0.717) is 0 Å². The Bertz CT molecular complexity index is 657. The summed E-state index contributed by atoms with van der Waals surface area (Å²) in [5.74, 6) is -0.568. The summed E-state index contributed by atoms with van der Waals surface area (Å²) in [6, 6.07) is 0. The number of hydrogen-bond donors (Lipinski definition) is 1. The first-order valence-corrected chi connectivity index (χ1v) is 9.92. The Balaban J connectivity index is 2.65. The maximum Gasteiger partial charge on any atom is 0.335 e. The van der Waals surface area contributed by atoms with Crippen LogP contribution < -0.4 is 0 Å². The standard InChI is InChI=1S/C24H36O3/c1-7-27-23(26)22(25)16-14-19(3)11-8-10-18(2)13-15-21-20(4)12-9-17-24(21,5)6/h8,10-11,13-15,22,25H,7,9,12,16-17H2,1-6H3. The molecule has 0 bridgehead atoms. The molecule has 1 rings (SSSR count). The molecule has 1 unspecified atom stereocenters. The lowest BCUT2D eigenvalue weighted by Gasteiger charge is -2.32. The molecule has 27 heavy (non-hydrogen) atoms. The smallest absolute Gasteiger partial charge is 0.335 e. The van der Waals surface area contributed by atoms with E-state index in [0.717, 1.165) is 5.57 Å². The van der Waals surface area contributed by atoms with Crippen LogP contribution in [0.5, 0.6) is 0 Å². The van der Waals surface area contributed by atoms with Crippen LogP contribution in [0.25, 0.3) is 0 Å². The van der Waals surface area contributed by atoms with Crippen molar-refractivity contribution in [3.8, 4) is 0 Å². The van der Waals surface area contributed by atoms with Crippen molar-refractivity contribution in [2.24, 2.45) is 5.41 Å². The van der Waals surface area contributed by atoms with Gasteiger partial charge in [-0.05, 0) is 57.9 Å². The van der Waals surface area contributed by atoms with Crippen LogP contribution in [-0.2, 0) is 9.53 Å². The van der Waals surface area contributed by atoms with Crippen molar-refractivity contribution in [1.29, 1.82) is 0 Å². The molecule has 1 N–H and O–H groups in total. The van der Waals surface area contributed by atoms with Crippen LogP contribution >= 0.6 is 0 Å². The minimum absolute atomic E-state index is 0.258. The summed E-state index contributed by atoms with van der Waals surface area (Å²) in [4.78, 5) is 11.4. The Kier molecular flexibility index (Phi) is 9.51. The Morgan fingerprint density at radius 2 is 1.96 bits per heavy atom. The molecule has 0 aromatic carbocycles. The minimum Gasteiger partial charge on any atom is -0.464 e. The first-order chi connectivity index (χ1) is 12.7. The van der Waals surface area contributed by atoms with Crippen molar-refractivity contribution in [2.75, 3.05) is 6.61 Å². The molecule has 0 aromatic rings. The van der Waals surface area contributed by atoms with Gasteiger partial charge in [0.15, 0.2) is 6.10 Å². The zero-order valence-electron chi connectivity index (χ0n) is 17.8. The summed E-state index contributed by atoms with van der Waals surface area (Å²) in [5.41, 5.74) is 5.42. The van der Waals surface area contributed by atoms with Gasteiger partial charge in [-0.15, -0.1) is 0 Å². The highest BCUT2D eigenvalue weighted by Crippen LogP contribution is 2.40. The lowest BCUT2D eigenvalue weighted by Crippen LogP contribution is -2.22. The van der Waals surface area contributed by atoms with Gasteiger partial charge in [0.05, 0.1) is 6.61 Å². The number of carbonyl (C=O) groups is 1.